The number of hydrogen-bond donors (Lipinski definition) is 1. The van der Waals surface area contributed by atoms with E-state index in [9.17, 15) is 9.59 Å². The number of benzene rings is 2. The predicted octanol–water partition coefficient (Wildman–Crippen LogP) is 4.56. The zero-order valence-electron chi connectivity index (χ0n) is 20.2. The van der Waals surface area contributed by atoms with Crippen LogP contribution >= 0.6 is 0 Å². The molecular formula is C27H36N2O4. The van der Waals surface area contributed by atoms with Gasteiger partial charge in [0.1, 0.15) is 17.5 Å². The summed E-state index contributed by atoms with van der Waals surface area (Å²) in [5.74, 6) is 1.10. The number of rotatable bonds is 9. The van der Waals surface area contributed by atoms with E-state index in [2.05, 4.69) is 5.32 Å². The Labute approximate surface area is 197 Å². The van der Waals surface area contributed by atoms with Crippen LogP contribution in [0, 0.1) is 13.8 Å². The van der Waals surface area contributed by atoms with Crippen molar-refractivity contribution in [1.29, 1.82) is 0 Å². The van der Waals surface area contributed by atoms with E-state index < -0.39 is 6.04 Å². The lowest BCUT2D eigenvalue weighted by Gasteiger charge is -2.31. The first-order valence-electron chi connectivity index (χ1n) is 11.8. The van der Waals surface area contributed by atoms with Gasteiger partial charge in [-0.25, -0.2) is 0 Å². The molecule has 33 heavy (non-hydrogen) atoms. The molecule has 0 radical (unpaired) electrons. The normalized spacial score (nSPS) is 14.9. The summed E-state index contributed by atoms with van der Waals surface area (Å²) in [6.07, 6.45) is 5.50. The van der Waals surface area contributed by atoms with Gasteiger partial charge in [-0.1, -0.05) is 43.5 Å². The van der Waals surface area contributed by atoms with Crippen LogP contribution in [0.25, 0.3) is 0 Å². The zero-order chi connectivity index (χ0) is 23.8. The van der Waals surface area contributed by atoms with Gasteiger partial charge in [0.15, 0.2) is 6.61 Å². The van der Waals surface area contributed by atoms with Crippen LogP contribution in [0.15, 0.2) is 42.5 Å². The smallest absolute Gasteiger partial charge is 0.261 e. The van der Waals surface area contributed by atoms with Crippen molar-refractivity contribution >= 4 is 11.8 Å². The molecule has 0 heterocycles. The molecule has 1 aliphatic rings. The minimum atomic E-state index is -0.608. The maximum absolute atomic E-state index is 13.3. The number of ether oxygens (including phenoxy) is 2. The molecular weight excluding hydrogens is 416 g/mol. The van der Waals surface area contributed by atoms with Crippen LogP contribution in [-0.2, 0) is 16.1 Å². The van der Waals surface area contributed by atoms with Gasteiger partial charge in [0.25, 0.3) is 5.91 Å². The van der Waals surface area contributed by atoms with Crippen molar-refractivity contribution in [2.24, 2.45) is 0 Å². The van der Waals surface area contributed by atoms with E-state index in [0.29, 0.717) is 12.3 Å². The Morgan fingerprint density at radius 1 is 1.06 bits per heavy atom. The molecule has 1 atom stereocenters. The van der Waals surface area contributed by atoms with Gasteiger partial charge >= 0.3 is 0 Å². The lowest BCUT2D eigenvalue weighted by atomic mass is 9.95. The Kier molecular flexibility index (Phi) is 8.75. The summed E-state index contributed by atoms with van der Waals surface area (Å²) in [4.78, 5) is 27.9. The van der Waals surface area contributed by atoms with Gasteiger partial charge in [-0.3, -0.25) is 9.59 Å². The second kappa shape index (κ2) is 11.7. The Balaban J connectivity index is 1.73. The molecule has 1 fully saturated rings. The van der Waals surface area contributed by atoms with Gasteiger partial charge in [0.05, 0.1) is 7.11 Å². The molecule has 2 amide bonds. The van der Waals surface area contributed by atoms with Crippen molar-refractivity contribution in [2.75, 3.05) is 13.7 Å². The fraction of sp³-hybridized carbons (Fsp3) is 0.481. The molecule has 6 heteroatoms. The van der Waals surface area contributed by atoms with Crippen molar-refractivity contribution < 1.29 is 19.1 Å². The number of carbonyl (C=O) groups is 2. The summed E-state index contributed by atoms with van der Waals surface area (Å²) in [7, 11) is 1.62. The molecule has 178 valence electrons. The van der Waals surface area contributed by atoms with E-state index in [1.165, 1.54) is 6.42 Å². The molecule has 0 bridgehead atoms. The fourth-order valence-corrected chi connectivity index (χ4v) is 4.18. The van der Waals surface area contributed by atoms with Gasteiger partial charge in [-0.2, -0.15) is 0 Å². The minimum absolute atomic E-state index is 0.115. The third-order valence-electron chi connectivity index (χ3n) is 6.54. The maximum atomic E-state index is 13.3. The molecule has 1 saturated carbocycles. The second-order valence-electron chi connectivity index (χ2n) is 8.88. The van der Waals surface area contributed by atoms with E-state index in [0.717, 1.165) is 48.1 Å². The molecule has 0 aromatic heterocycles. The van der Waals surface area contributed by atoms with Crippen molar-refractivity contribution in [2.45, 2.75) is 71.5 Å². The van der Waals surface area contributed by atoms with Crippen LogP contribution in [0.1, 0.15) is 55.7 Å². The highest BCUT2D eigenvalue weighted by Crippen LogP contribution is 2.22. The monoisotopic (exact) mass is 452 g/mol. The number of nitrogens with one attached hydrogen (secondary N) is 1. The number of nitrogens with zero attached hydrogens (tertiary/aromatic N) is 1. The van der Waals surface area contributed by atoms with Crippen molar-refractivity contribution in [3.63, 3.8) is 0 Å². The summed E-state index contributed by atoms with van der Waals surface area (Å²) >= 11 is 0. The van der Waals surface area contributed by atoms with Crippen LogP contribution in [0.2, 0.25) is 0 Å². The predicted molar refractivity (Wildman–Crippen MR) is 129 cm³/mol. The summed E-state index contributed by atoms with van der Waals surface area (Å²) in [6, 6.07) is 12.9. The van der Waals surface area contributed by atoms with Crippen molar-refractivity contribution in [3.05, 3.63) is 59.2 Å². The summed E-state index contributed by atoms with van der Waals surface area (Å²) in [6.45, 7) is 5.97. The quantitative estimate of drug-likeness (QED) is 0.606. The van der Waals surface area contributed by atoms with Crippen molar-refractivity contribution in [3.8, 4) is 11.5 Å². The first-order valence-corrected chi connectivity index (χ1v) is 11.8. The highest BCUT2D eigenvalue weighted by atomic mass is 16.5. The summed E-state index contributed by atoms with van der Waals surface area (Å²) in [5.41, 5.74) is 3.04. The largest absolute Gasteiger partial charge is 0.497 e. The molecule has 0 saturated heterocycles. The zero-order valence-corrected chi connectivity index (χ0v) is 20.2. The molecule has 1 N–H and O–H groups in total. The molecule has 2 aromatic carbocycles. The standard InChI is InChI=1S/C27H36N2O4/c1-19-9-8-12-25(20(19)2)33-18-26(30)29(17-22-13-15-24(32-4)16-14-22)21(3)27(31)28-23-10-6-5-7-11-23/h8-9,12-16,21,23H,5-7,10-11,17-18H2,1-4H3,(H,28,31). The molecule has 3 rings (SSSR count). The topological polar surface area (TPSA) is 67.9 Å². The summed E-state index contributed by atoms with van der Waals surface area (Å²) in [5, 5.41) is 3.15. The van der Waals surface area contributed by atoms with Crippen LogP contribution in [0.3, 0.4) is 0 Å². The van der Waals surface area contributed by atoms with Crippen LogP contribution in [0.4, 0.5) is 0 Å². The van der Waals surface area contributed by atoms with Gasteiger partial charge < -0.3 is 19.7 Å². The highest BCUT2D eigenvalue weighted by molar-refractivity contribution is 5.88. The highest BCUT2D eigenvalue weighted by Gasteiger charge is 2.28. The van der Waals surface area contributed by atoms with Gasteiger partial charge in [-0.05, 0) is 68.5 Å². The van der Waals surface area contributed by atoms with Gasteiger partial charge in [-0.15, -0.1) is 0 Å². The average molecular weight is 453 g/mol. The molecule has 1 unspecified atom stereocenters. The Bertz CT molecular complexity index is 936. The molecule has 1 aliphatic carbocycles. The first-order chi connectivity index (χ1) is 15.9. The maximum Gasteiger partial charge on any atom is 0.261 e. The number of carbonyl (C=O) groups excluding carboxylic acids is 2. The second-order valence-corrected chi connectivity index (χ2v) is 8.88. The van der Waals surface area contributed by atoms with Crippen molar-refractivity contribution in [1.82, 2.24) is 10.2 Å². The Morgan fingerprint density at radius 2 is 1.76 bits per heavy atom. The number of aryl methyl sites for hydroxylation is 1. The van der Waals surface area contributed by atoms with E-state index in [4.69, 9.17) is 9.47 Å². The number of methoxy groups -OCH3 is 1. The van der Waals surface area contributed by atoms with Gasteiger partial charge in [0.2, 0.25) is 5.91 Å². The summed E-state index contributed by atoms with van der Waals surface area (Å²) < 4.78 is 11.1. The third-order valence-corrected chi connectivity index (χ3v) is 6.54. The molecule has 0 spiro atoms. The lowest BCUT2D eigenvalue weighted by molar-refractivity contribution is -0.142. The number of hydrogen-bond acceptors (Lipinski definition) is 4. The Morgan fingerprint density at radius 3 is 2.42 bits per heavy atom. The van der Waals surface area contributed by atoms with Crippen LogP contribution < -0.4 is 14.8 Å². The van der Waals surface area contributed by atoms with E-state index in [1.54, 1.807) is 18.9 Å². The third kappa shape index (κ3) is 6.73. The van der Waals surface area contributed by atoms with E-state index >= 15 is 0 Å². The molecule has 6 nitrogen and oxygen atoms in total. The SMILES string of the molecule is COc1ccc(CN(C(=O)COc2cccc(C)c2C)C(C)C(=O)NC2CCCCC2)cc1. The molecule has 2 aromatic rings. The van der Waals surface area contributed by atoms with Crippen LogP contribution in [-0.4, -0.2) is 42.5 Å². The molecule has 0 aliphatic heterocycles. The van der Waals surface area contributed by atoms with E-state index in [1.807, 2.05) is 56.3 Å². The Hall–Kier alpha value is -3.02. The first kappa shape index (κ1) is 24.6. The van der Waals surface area contributed by atoms with E-state index in [-0.39, 0.29) is 24.5 Å². The number of amides is 2. The van der Waals surface area contributed by atoms with Crippen LogP contribution in [0.5, 0.6) is 11.5 Å². The van der Waals surface area contributed by atoms with Gasteiger partial charge in [0, 0.05) is 12.6 Å². The average Bonchev–Trinajstić information content (AvgIpc) is 2.83. The fourth-order valence-electron chi connectivity index (χ4n) is 4.18. The lowest BCUT2D eigenvalue weighted by Crippen LogP contribution is -2.51. The minimum Gasteiger partial charge on any atom is -0.497 e.